The SMILES string of the molecule is CC.CCCCCCCc1ccc(NC(=O)NCC(=O)O)cc1N(C)C(C)c1ccc(OCc2cc(N3CCCC3)ccc2N2CCOCC2)cc1.CO. The monoisotopic (exact) mass is 747 g/mol. The van der Waals surface area contributed by atoms with Crippen molar-refractivity contribution in [2.24, 2.45) is 0 Å². The average Bonchev–Trinajstić information content (AvgIpc) is 3.76. The van der Waals surface area contributed by atoms with Crippen LogP contribution >= 0.6 is 0 Å². The summed E-state index contributed by atoms with van der Waals surface area (Å²) in [6.07, 6.45) is 9.40. The summed E-state index contributed by atoms with van der Waals surface area (Å²) < 4.78 is 12.0. The van der Waals surface area contributed by atoms with Crippen molar-refractivity contribution in [3.63, 3.8) is 0 Å². The summed E-state index contributed by atoms with van der Waals surface area (Å²) in [6, 6.07) is 20.6. The molecule has 1 unspecified atom stereocenters. The van der Waals surface area contributed by atoms with E-state index in [1.54, 1.807) is 0 Å². The molecular formula is C43H65N5O6. The molecule has 0 aliphatic carbocycles. The van der Waals surface area contributed by atoms with Gasteiger partial charge in [0.05, 0.1) is 19.3 Å². The van der Waals surface area contributed by atoms with Crippen LogP contribution in [-0.4, -0.2) is 82.3 Å². The van der Waals surface area contributed by atoms with Gasteiger partial charge in [0.25, 0.3) is 0 Å². The van der Waals surface area contributed by atoms with Gasteiger partial charge in [-0.05, 0) is 86.2 Å². The highest BCUT2D eigenvalue weighted by molar-refractivity contribution is 5.91. The number of unbranched alkanes of at least 4 members (excludes halogenated alkanes) is 4. The van der Waals surface area contributed by atoms with Gasteiger partial charge in [-0.1, -0.05) is 64.7 Å². The number of nitrogens with one attached hydrogen (secondary N) is 2. The summed E-state index contributed by atoms with van der Waals surface area (Å²) in [7, 11) is 3.08. The van der Waals surface area contributed by atoms with Crippen molar-refractivity contribution in [3.8, 4) is 5.75 Å². The summed E-state index contributed by atoms with van der Waals surface area (Å²) in [5, 5.41) is 21.1. The maximum atomic E-state index is 12.3. The lowest BCUT2D eigenvalue weighted by atomic mass is 10.0. The lowest BCUT2D eigenvalue weighted by Crippen LogP contribution is -2.37. The van der Waals surface area contributed by atoms with E-state index in [4.69, 9.17) is 19.7 Å². The number of benzene rings is 3. The summed E-state index contributed by atoms with van der Waals surface area (Å²) in [4.78, 5) is 30.4. The minimum Gasteiger partial charge on any atom is -0.489 e. The van der Waals surface area contributed by atoms with Crippen LogP contribution < -0.4 is 30.1 Å². The second kappa shape index (κ2) is 24.0. The van der Waals surface area contributed by atoms with Crippen molar-refractivity contribution < 1.29 is 29.3 Å². The molecule has 2 heterocycles. The highest BCUT2D eigenvalue weighted by atomic mass is 16.5. The molecule has 0 spiro atoms. The number of carbonyl (C=O) groups is 2. The topological polar surface area (TPSA) is 127 Å². The lowest BCUT2D eigenvalue weighted by molar-refractivity contribution is -0.135. The molecule has 54 heavy (non-hydrogen) atoms. The highest BCUT2D eigenvalue weighted by Gasteiger charge is 2.20. The Balaban J connectivity index is 0.00000190. The number of carboxylic acids is 1. The van der Waals surface area contributed by atoms with Crippen LogP contribution in [0.2, 0.25) is 0 Å². The fraction of sp³-hybridized carbons (Fsp3) is 0.535. The van der Waals surface area contributed by atoms with Gasteiger partial charge >= 0.3 is 12.0 Å². The van der Waals surface area contributed by atoms with Crippen LogP contribution in [0.3, 0.4) is 0 Å². The number of aryl methyl sites for hydroxylation is 1. The number of amides is 2. The Bertz CT molecular complexity index is 1540. The highest BCUT2D eigenvalue weighted by Crippen LogP contribution is 2.34. The van der Waals surface area contributed by atoms with E-state index in [-0.39, 0.29) is 6.04 Å². The van der Waals surface area contributed by atoms with E-state index < -0.39 is 18.5 Å². The first kappa shape index (κ1) is 43.9. The predicted octanol–water partition coefficient (Wildman–Crippen LogP) is 8.25. The quantitative estimate of drug-likeness (QED) is 0.101. The molecule has 11 heteroatoms. The number of urea groups is 1. The van der Waals surface area contributed by atoms with E-state index in [1.165, 1.54) is 61.0 Å². The second-order valence-corrected chi connectivity index (χ2v) is 13.5. The molecule has 3 aromatic rings. The molecule has 0 aromatic heterocycles. The third-order valence-electron chi connectivity index (χ3n) is 9.90. The van der Waals surface area contributed by atoms with E-state index >= 15 is 0 Å². The maximum Gasteiger partial charge on any atom is 0.323 e. The van der Waals surface area contributed by atoms with E-state index in [9.17, 15) is 9.59 Å². The van der Waals surface area contributed by atoms with Gasteiger partial charge in [0.1, 0.15) is 18.9 Å². The number of nitrogens with zero attached hydrogens (tertiary/aromatic N) is 3. The van der Waals surface area contributed by atoms with Crippen molar-refractivity contribution in [2.75, 3.05) is 80.1 Å². The minimum absolute atomic E-state index is 0.0454. The van der Waals surface area contributed by atoms with Gasteiger partial charge < -0.3 is 45.0 Å². The number of aliphatic carboxylic acids is 1. The van der Waals surface area contributed by atoms with Crippen molar-refractivity contribution >= 4 is 34.7 Å². The van der Waals surface area contributed by atoms with Gasteiger partial charge in [-0.25, -0.2) is 4.79 Å². The fourth-order valence-electron chi connectivity index (χ4n) is 6.84. The molecule has 2 fully saturated rings. The number of hydrogen-bond acceptors (Lipinski definition) is 8. The molecule has 4 N–H and O–H groups in total. The molecule has 2 aliphatic rings. The number of aliphatic hydroxyl groups excluding tert-OH is 1. The third kappa shape index (κ3) is 13.4. The Hall–Kier alpha value is -4.48. The zero-order valence-corrected chi connectivity index (χ0v) is 33.5. The second-order valence-electron chi connectivity index (χ2n) is 13.5. The molecule has 3 aromatic carbocycles. The van der Waals surface area contributed by atoms with Crippen molar-refractivity contribution in [2.45, 2.75) is 91.7 Å². The van der Waals surface area contributed by atoms with Crippen molar-refractivity contribution in [1.29, 1.82) is 0 Å². The first-order chi connectivity index (χ1) is 26.3. The largest absolute Gasteiger partial charge is 0.489 e. The van der Waals surface area contributed by atoms with Gasteiger partial charge in [0.2, 0.25) is 0 Å². The summed E-state index contributed by atoms with van der Waals surface area (Å²) in [5.74, 6) is -0.261. The maximum absolute atomic E-state index is 12.3. The number of aliphatic hydroxyl groups is 1. The van der Waals surface area contributed by atoms with E-state index in [0.29, 0.717) is 12.3 Å². The van der Waals surface area contributed by atoms with Gasteiger partial charge in [-0.15, -0.1) is 0 Å². The van der Waals surface area contributed by atoms with Crippen LogP contribution in [0, 0.1) is 0 Å². The van der Waals surface area contributed by atoms with Crippen LogP contribution in [0.15, 0.2) is 60.7 Å². The van der Waals surface area contributed by atoms with Crippen LogP contribution in [0.4, 0.5) is 27.5 Å². The molecule has 0 saturated carbocycles. The molecule has 2 aliphatic heterocycles. The smallest absolute Gasteiger partial charge is 0.323 e. The Morgan fingerprint density at radius 3 is 2.22 bits per heavy atom. The lowest BCUT2D eigenvalue weighted by Gasteiger charge is -2.31. The molecule has 0 bridgehead atoms. The minimum atomic E-state index is -1.09. The molecule has 1 atom stereocenters. The first-order valence-electron chi connectivity index (χ1n) is 19.8. The number of hydrogen-bond donors (Lipinski definition) is 4. The van der Waals surface area contributed by atoms with Gasteiger partial charge in [0.15, 0.2) is 0 Å². The van der Waals surface area contributed by atoms with Gasteiger partial charge in [0, 0.05) is 68.6 Å². The Morgan fingerprint density at radius 1 is 0.870 bits per heavy atom. The Kier molecular flexibility index (Phi) is 19.5. The number of anilines is 4. The number of rotatable bonds is 17. The normalized spacial score (nSPS) is 14.2. The van der Waals surface area contributed by atoms with Gasteiger partial charge in [-0.3, -0.25) is 4.79 Å². The molecule has 2 amide bonds. The number of carbonyl (C=O) groups excluding carboxylic acids is 1. The Morgan fingerprint density at radius 2 is 1.56 bits per heavy atom. The third-order valence-corrected chi connectivity index (χ3v) is 9.90. The number of ether oxygens (including phenoxy) is 2. The fourth-order valence-corrected chi connectivity index (χ4v) is 6.84. The van der Waals surface area contributed by atoms with Crippen molar-refractivity contribution in [1.82, 2.24) is 5.32 Å². The van der Waals surface area contributed by atoms with Crippen LogP contribution in [0.25, 0.3) is 0 Å². The van der Waals surface area contributed by atoms with E-state index in [2.05, 4.69) is 94.8 Å². The molecular weight excluding hydrogens is 683 g/mol. The molecule has 11 nitrogen and oxygen atoms in total. The first-order valence-corrected chi connectivity index (χ1v) is 19.8. The van der Waals surface area contributed by atoms with Crippen LogP contribution in [0.5, 0.6) is 5.75 Å². The van der Waals surface area contributed by atoms with Gasteiger partial charge in [-0.2, -0.15) is 0 Å². The van der Waals surface area contributed by atoms with E-state index in [1.807, 2.05) is 26.0 Å². The zero-order valence-electron chi connectivity index (χ0n) is 33.5. The molecule has 0 radical (unpaired) electrons. The predicted molar refractivity (Wildman–Crippen MR) is 222 cm³/mol. The van der Waals surface area contributed by atoms with Crippen LogP contribution in [0.1, 0.15) is 95.4 Å². The average molecular weight is 748 g/mol. The molecule has 5 rings (SSSR count). The summed E-state index contributed by atoms with van der Waals surface area (Å²) in [6.45, 7) is 13.9. The molecule has 298 valence electrons. The Labute approximate surface area is 323 Å². The number of carboxylic acid groups (broad SMARTS) is 1. The summed E-state index contributed by atoms with van der Waals surface area (Å²) in [5.41, 5.74) is 7.71. The zero-order chi connectivity index (χ0) is 39.3. The summed E-state index contributed by atoms with van der Waals surface area (Å²) >= 11 is 0. The van der Waals surface area contributed by atoms with E-state index in [0.717, 1.165) is 76.3 Å². The van der Waals surface area contributed by atoms with Crippen LogP contribution in [-0.2, 0) is 22.6 Å². The molecule has 2 saturated heterocycles. The standard InChI is InChI=1S/C40H55N5O5.C2H6.CH4O/c1-4-5-6-7-8-11-32-12-15-34(42-40(48)41-28-39(46)47)27-38(32)43(3)30(2)31-13-17-36(18-14-31)50-29-33-26-35(44-20-9-10-21-44)16-19-37(33)45-22-24-49-25-23-45;2*1-2/h12-19,26-27,30H,4-11,20-25,28-29H2,1-3H3,(H,46,47)(H2,41,42,48);1-2H3;2H,1H3. The number of morpholine rings is 1. The van der Waals surface area contributed by atoms with Crippen molar-refractivity contribution in [3.05, 3.63) is 77.4 Å².